The summed E-state index contributed by atoms with van der Waals surface area (Å²) in [5.41, 5.74) is 0.811. The molecule has 0 saturated heterocycles. The molecule has 0 saturated carbocycles. The van der Waals surface area contributed by atoms with Crippen LogP contribution >= 0.6 is 0 Å². The lowest BCUT2D eigenvalue weighted by Gasteiger charge is -2.11. The van der Waals surface area contributed by atoms with E-state index in [0.29, 0.717) is 10.9 Å². The zero-order chi connectivity index (χ0) is 14.2. The Kier molecular flexibility index (Phi) is 3.26. The first-order valence-electron chi connectivity index (χ1n) is 5.58. The van der Waals surface area contributed by atoms with Crippen molar-refractivity contribution in [2.75, 3.05) is 7.11 Å². The number of carbonyl (C=O) groups is 1. The summed E-state index contributed by atoms with van der Waals surface area (Å²) in [6, 6.07) is 6.48. The van der Waals surface area contributed by atoms with Gasteiger partial charge in [-0.15, -0.1) is 0 Å². The molecule has 1 heterocycles. The Hall–Kier alpha value is -1.98. The zero-order valence-electron chi connectivity index (χ0n) is 10.4. The summed E-state index contributed by atoms with van der Waals surface area (Å²) in [7, 11) is 1.21. The first-order valence-corrected chi connectivity index (χ1v) is 5.58. The molecular weight excluding hydrogens is 259 g/mol. The molecule has 0 atom stereocenters. The van der Waals surface area contributed by atoms with Gasteiger partial charge in [-0.1, -0.05) is 18.2 Å². The molecule has 0 radical (unpaired) electrons. The first-order chi connectivity index (χ1) is 8.85. The normalized spacial score (nSPS) is 11.8. The molecule has 0 aliphatic rings. The number of carbonyl (C=O) groups excluding carboxylic acids is 1. The van der Waals surface area contributed by atoms with Crippen molar-refractivity contribution in [2.45, 2.75) is 19.6 Å². The second kappa shape index (κ2) is 4.60. The van der Waals surface area contributed by atoms with Crippen molar-refractivity contribution < 1.29 is 22.7 Å². The molecule has 0 fully saturated rings. The highest BCUT2D eigenvalue weighted by Crippen LogP contribution is 2.29. The summed E-state index contributed by atoms with van der Waals surface area (Å²) in [6.45, 7) is 0.355. The molecule has 0 amide bonds. The lowest BCUT2D eigenvalue weighted by molar-refractivity contribution is -0.140. The molecule has 6 heteroatoms. The van der Waals surface area contributed by atoms with E-state index in [1.54, 1.807) is 24.3 Å². The van der Waals surface area contributed by atoms with Gasteiger partial charge in [0.05, 0.1) is 12.7 Å². The summed E-state index contributed by atoms with van der Waals surface area (Å²) >= 11 is 0. The van der Waals surface area contributed by atoms with Gasteiger partial charge in [0.1, 0.15) is 6.54 Å². The molecule has 1 aromatic carbocycles. The van der Waals surface area contributed by atoms with Gasteiger partial charge in [-0.25, -0.2) is 4.79 Å². The number of para-hydroxylation sites is 1. The number of halogens is 3. The van der Waals surface area contributed by atoms with Gasteiger partial charge >= 0.3 is 12.1 Å². The van der Waals surface area contributed by atoms with Crippen LogP contribution in [0, 0.1) is 6.92 Å². The lowest BCUT2D eigenvalue weighted by Crippen LogP contribution is -2.18. The van der Waals surface area contributed by atoms with Crippen molar-refractivity contribution in [1.82, 2.24) is 4.57 Å². The van der Waals surface area contributed by atoms with E-state index >= 15 is 0 Å². The van der Waals surface area contributed by atoms with Crippen LogP contribution in [0.4, 0.5) is 13.2 Å². The second-order valence-corrected chi connectivity index (χ2v) is 4.17. The Morgan fingerprint density at radius 2 is 1.95 bits per heavy atom. The second-order valence-electron chi connectivity index (χ2n) is 4.17. The third-order valence-electron chi connectivity index (χ3n) is 2.96. The van der Waals surface area contributed by atoms with Gasteiger partial charge in [-0.05, 0) is 13.0 Å². The molecule has 1 aromatic heterocycles. The molecule has 3 nitrogen and oxygen atoms in total. The summed E-state index contributed by atoms with van der Waals surface area (Å²) in [5.74, 6) is -0.630. The average Bonchev–Trinajstić information content (AvgIpc) is 2.60. The number of fused-ring (bicyclic) bond motifs is 1. The highest BCUT2D eigenvalue weighted by Gasteiger charge is 2.31. The number of rotatable bonds is 2. The number of benzene rings is 1. The number of esters is 1. The predicted octanol–water partition coefficient (Wildman–Crippen LogP) is 3.30. The molecule has 0 bridgehead atoms. The van der Waals surface area contributed by atoms with Gasteiger partial charge in [0, 0.05) is 16.6 Å². The predicted molar refractivity (Wildman–Crippen MR) is 64.1 cm³/mol. The van der Waals surface area contributed by atoms with E-state index in [0.717, 1.165) is 4.57 Å². The van der Waals surface area contributed by atoms with Crippen LogP contribution in [-0.2, 0) is 11.3 Å². The van der Waals surface area contributed by atoms with E-state index in [9.17, 15) is 18.0 Å². The van der Waals surface area contributed by atoms with E-state index in [1.807, 2.05) is 0 Å². The summed E-state index contributed by atoms with van der Waals surface area (Å²) in [5, 5.41) is 0.469. The lowest BCUT2D eigenvalue weighted by atomic mass is 10.1. The van der Waals surface area contributed by atoms with Crippen molar-refractivity contribution in [3.63, 3.8) is 0 Å². The van der Waals surface area contributed by atoms with Gasteiger partial charge in [-0.3, -0.25) is 0 Å². The van der Waals surface area contributed by atoms with Crippen LogP contribution in [0.25, 0.3) is 10.9 Å². The third kappa shape index (κ3) is 2.43. The number of aromatic nitrogens is 1. The zero-order valence-corrected chi connectivity index (χ0v) is 10.4. The number of nitrogens with zero attached hydrogens (tertiary/aromatic N) is 1. The van der Waals surface area contributed by atoms with Crippen LogP contribution in [0.5, 0.6) is 0 Å². The molecule has 0 aliphatic carbocycles. The van der Waals surface area contributed by atoms with E-state index in [4.69, 9.17) is 0 Å². The summed E-state index contributed by atoms with van der Waals surface area (Å²) < 4.78 is 43.5. The number of hydrogen-bond donors (Lipinski definition) is 0. The van der Waals surface area contributed by atoms with Crippen LogP contribution in [0.3, 0.4) is 0 Å². The van der Waals surface area contributed by atoms with E-state index in [2.05, 4.69) is 4.74 Å². The van der Waals surface area contributed by atoms with Crippen LogP contribution in [0.15, 0.2) is 24.3 Å². The summed E-state index contributed by atoms with van der Waals surface area (Å²) in [4.78, 5) is 11.7. The molecule has 0 unspecified atom stereocenters. The largest absolute Gasteiger partial charge is 0.465 e. The van der Waals surface area contributed by atoms with E-state index < -0.39 is 18.7 Å². The van der Waals surface area contributed by atoms with Crippen molar-refractivity contribution >= 4 is 16.9 Å². The first kappa shape index (κ1) is 13.5. The smallest absolute Gasteiger partial charge is 0.406 e. The minimum Gasteiger partial charge on any atom is -0.465 e. The SMILES string of the molecule is COC(=O)c1c(C)n(CC(F)(F)F)c2ccccc12. The highest BCUT2D eigenvalue weighted by molar-refractivity contribution is 6.05. The topological polar surface area (TPSA) is 31.2 Å². The fourth-order valence-electron chi connectivity index (χ4n) is 2.17. The van der Waals surface area contributed by atoms with Crippen LogP contribution in [0.1, 0.15) is 16.1 Å². The van der Waals surface area contributed by atoms with Crippen LogP contribution < -0.4 is 0 Å². The Balaban J connectivity index is 2.71. The molecule has 2 rings (SSSR count). The van der Waals surface area contributed by atoms with Gasteiger partial charge in [0.15, 0.2) is 0 Å². The van der Waals surface area contributed by atoms with Gasteiger partial charge in [-0.2, -0.15) is 13.2 Å². The van der Waals surface area contributed by atoms with Crippen LogP contribution in [0.2, 0.25) is 0 Å². The quantitative estimate of drug-likeness (QED) is 0.785. The van der Waals surface area contributed by atoms with Gasteiger partial charge < -0.3 is 9.30 Å². The summed E-state index contributed by atoms with van der Waals surface area (Å²) in [6.07, 6.45) is -4.35. The van der Waals surface area contributed by atoms with Crippen LogP contribution in [-0.4, -0.2) is 23.8 Å². The van der Waals surface area contributed by atoms with Gasteiger partial charge in [0.25, 0.3) is 0 Å². The highest BCUT2D eigenvalue weighted by atomic mass is 19.4. The number of methoxy groups -OCH3 is 1. The number of hydrogen-bond acceptors (Lipinski definition) is 2. The average molecular weight is 271 g/mol. The molecule has 0 spiro atoms. The van der Waals surface area contributed by atoms with Crippen molar-refractivity contribution in [3.05, 3.63) is 35.5 Å². The Morgan fingerprint density at radius 1 is 1.32 bits per heavy atom. The van der Waals surface area contributed by atoms with E-state index in [-0.39, 0.29) is 11.3 Å². The standard InChI is InChI=1S/C13H12F3NO2/c1-8-11(12(18)19-2)9-5-3-4-6-10(9)17(8)7-13(14,15)16/h3-6H,7H2,1-2H3. The maximum absolute atomic E-state index is 12.6. The third-order valence-corrected chi connectivity index (χ3v) is 2.96. The molecule has 0 N–H and O–H groups in total. The van der Waals surface area contributed by atoms with Crippen molar-refractivity contribution in [2.24, 2.45) is 0 Å². The Labute approximate surface area is 107 Å². The molecular formula is C13H12F3NO2. The minimum atomic E-state index is -4.35. The number of ether oxygens (including phenoxy) is 1. The minimum absolute atomic E-state index is 0.183. The Morgan fingerprint density at radius 3 is 2.53 bits per heavy atom. The van der Waals surface area contributed by atoms with E-state index in [1.165, 1.54) is 14.0 Å². The number of alkyl halides is 3. The molecule has 19 heavy (non-hydrogen) atoms. The molecule has 2 aromatic rings. The maximum atomic E-state index is 12.6. The maximum Gasteiger partial charge on any atom is 0.406 e. The fraction of sp³-hybridized carbons (Fsp3) is 0.308. The molecule has 102 valence electrons. The monoisotopic (exact) mass is 271 g/mol. The Bertz CT molecular complexity index is 629. The van der Waals surface area contributed by atoms with Crippen molar-refractivity contribution in [3.8, 4) is 0 Å². The molecule has 0 aliphatic heterocycles. The fourth-order valence-corrected chi connectivity index (χ4v) is 2.17. The van der Waals surface area contributed by atoms with Crippen molar-refractivity contribution in [1.29, 1.82) is 0 Å². The van der Waals surface area contributed by atoms with Gasteiger partial charge in [0.2, 0.25) is 0 Å².